The van der Waals surface area contributed by atoms with Crippen LogP contribution in [0.2, 0.25) is 5.15 Å². The van der Waals surface area contributed by atoms with Crippen LogP contribution in [0.3, 0.4) is 0 Å². The lowest BCUT2D eigenvalue weighted by atomic mass is 10.2. The van der Waals surface area contributed by atoms with Crippen molar-refractivity contribution in [2.45, 2.75) is 11.8 Å². The van der Waals surface area contributed by atoms with Gasteiger partial charge in [0, 0.05) is 6.26 Å². The van der Waals surface area contributed by atoms with Gasteiger partial charge in [0.2, 0.25) is 0 Å². The first kappa shape index (κ1) is 19.1. The largest absolute Gasteiger partial charge is 0.319 e. The predicted molar refractivity (Wildman–Crippen MR) is 101 cm³/mol. The van der Waals surface area contributed by atoms with Crippen LogP contribution in [0.1, 0.15) is 16.1 Å². The Kier molecular flexibility index (Phi) is 5.03. The first-order chi connectivity index (χ1) is 12.7. The van der Waals surface area contributed by atoms with Gasteiger partial charge in [0.25, 0.3) is 5.91 Å². The van der Waals surface area contributed by atoms with Crippen LogP contribution in [-0.2, 0) is 9.84 Å². The number of carbonyl (C=O) groups is 1. The van der Waals surface area contributed by atoms with Crippen LogP contribution in [0.15, 0.2) is 53.4 Å². The van der Waals surface area contributed by atoms with Crippen molar-refractivity contribution in [3.63, 3.8) is 0 Å². The molecule has 3 rings (SSSR count). The molecule has 0 unspecified atom stereocenters. The van der Waals surface area contributed by atoms with E-state index in [1.807, 2.05) is 6.07 Å². The van der Waals surface area contributed by atoms with Gasteiger partial charge in [-0.2, -0.15) is 5.10 Å². The number of carbonyl (C=O) groups excluding carboxylic acids is 1. The Hall–Kier alpha value is -2.71. The number of amides is 1. The summed E-state index contributed by atoms with van der Waals surface area (Å²) >= 11 is 6.32. The van der Waals surface area contributed by atoms with Crippen molar-refractivity contribution in [3.8, 4) is 5.69 Å². The van der Waals surface area contributed by atoms with Gasteiger partial charge in [-0.3, -0.25) is 4.79 Å². The van der Waals surface area contributed by atoms with Crippen molar-refractivity contribution in [1.82, 2.24) is 9.78 Å². The lowest BCUT2D eigenvalue weighted by molar-refractivity contribution is 0.102. The molecule has 1 amide bonds. The molecule has 0 atom stereocenters. The summed E-state index contributed by atoms with van der Waals surface area (Å²) in [7, 11) is -3.55. The zero-order chi connectivity index (χ0) is 19.8. The molecule has 0 saturated carbocycles. The molecule has 3 aromatic rings. The number of benzene rings is 2. The fourth-order valence-corrected chi connectivity index (χ4v) is 3.52. The molecule has 0 aliphatic rings. The molecule has 0 bridgehead atoms. The topological polar surface area (TPSA) is 81.1 Å². The second-order valence-corrected chi connectivity index (χ2v) is 8.24. The van der Waals surface area contributed by atoms with Crippen molar-refractivity contribution in [3.05, 3.63) is 70.8 Å². The highest BCUT2D eigenvalue weighted by Gasteiger charge is 2.22. The van der Waals surface area contributed by atoms with Crippen LogP contribution in [0.25, 0.3) is 5.69 Å². The first-order valence-corrected chi connectivity index (χ1v) is 10.1. The lowest BCUT2D eigenvalue weighted by Crippen LogP contribution is -2.15. The minimum absolute atomic E-state index is 0.0656. The van der Waals surface area contributed by atoms with E-state index >= 15 is 0 Å². The van der Waals surface area contributed by atoms with E-state index in [1.54, 1.807) is 31.2 Å². The molecule has 0 aliphatic carbocycles. The number of aryl methyl sites for hydroxylation is 1. The zero-order valence-electron chi connectivity index (χ0n) is 14.4. The number of rotatable bonds is 4. The molecule has 27 heavy (non-hydrogen) atoms. The van der Waals surface area contributed by atoms with Crippen LogP contribution >= 0.6 is 11.6 Å². The summed E-state index contributed by atoms with van der Waals surface area (Å²) in [5.41, 5.74) is 0.825. The second-order valence-electron chi connectivity index (χ2n) is 5.87. The molecule has 0 fully saturated rings. The van der Waals surface area contributed by atoms with Gasteiger partial charge in [-0.15, -0.1) is 0 Å². The normalized spacial score (nSPS) is 11.4. The molecule has 140 valence electrons. The Balaban J connectivity index is 1.98. The number of halogens is 2. The van der Waals surface area contributed by atoms with Crippen LogP contribution < -0.4 is 5.32 Å². The molecule has 0 saturated heterocycles. The molecule has 9 heteroatoms. The number of aromatic nitrogens is 2. The van der Waals surface area contributed by atoms with Crippen molar-refractivity contribution in [2.24, 2.45) is 0 Å². The highest BCUT2D eigenvalue weighted by Crippen LogP contribution is 2.26. The number of hydrogen-bond donors (Lipinski definition) is 1. The van der Waals surface area contributed by atoms with Gasteiger partial charge in [0.05, 0.1) is 22.0 Å². The predicted octanol–water partition coefficient (Wildman–Crippen LogP) is 3.63. The number of para-hydroxylation sites is 1. The molecule has 0 aliphatic heterocycles. The van der Waals surface area contributed by atoms with E-state index < -0.39 is 21.6 Å². The smallest absolute Gasteiger partial charge is 0.260 e. The number of anilines is 1. The summed E-state index contributed by atoms with van der Waals surface area (Å²) < 4.78 is 38.7. The van der Waals surface area contributed by atoms with Crippen molar-refractivity contribution in [2.75, 3.05) is 11.6 Å². The summed E-state index contributed by atoms with van der Waals surface area (Å²) in [6.07, 6.45) is 0.997. The summed E-state index contributed by atoms with van der Waals surface area (Å²) in [5, 5.41) is 6.69. The molecule has 0 radical (unpaired) electrons. The molecule has 1 N–H and O–H groups in total. The van der Waals surface area contributed by atoms with Crippen LogP contribution in [0.5, 0.6) is 0 Å². The monoisotopic (exact) mass is 407 g/mol. The Labute approximate surface area is 160 Å². The first-order valence-electron chi connectivity index (χ1n) is 7.80. The number of sulfone groups is 1. The summed E-state index contributed by atoms with van der Waals surface area (Å²) in [6.45, 7) is 1.60. The van der Waals surface area contributed by atoms with Crippen LogP contribution in [0, 0.1) is 12.7 Å². The van der Waals surface area contributed by atoms with E-state index in [-0.39, 0.29) is 21.3 Å². The summed E-state index contributed by atoms with van der Waals surface area (Å²) in [4.78, 5) is 12.5. The Bertz CT molecular complexity index is 1130. The van der Waals surface area contributed by atoms with Crippen molar-refractivity contribution < 1.29 is 17.6 Å². The average molecular weight is 408 g/mol. The number of hydrogen-bond acceptors (Lipinski definition) is 4. The third-order valence-electron chi connectivity index (χ3n) is 3.85. The Morgan fingerprint density at radius 1 is 1.19 bits per heavy atom. The molecule has 1 heterocycles. The van der Waals surface area contributed by atoms with Gasteiger partial charge in [-0.1, -0.05) is 29.8 Å². The van der Waals surface area contributed by atoms with Crippen molar-refractivity contribution >= 4 is 33.0 Å². The third kappa shape index (κ3) is 3.86. The molecule has 1 aromatic heterocycles. The highest BCUT2D eigenvalue weighted by molar-refractivity contribution is 7.90. The van der Waals surface area contributed by atoms with E-state index in [0.717, 1.165) is 24.5 Å². The minimum Gasteiger partial charge on any atom is -0.319 e. The van der Waals surface area contributed by atoms with E-state index in [2.05, 4.69) is 10.4 Å². The van der Waals surface area contributed by atoms with Crippen LogP contribution in [-0.4, -0.2) is 30.4 Å². The molecular weight excluding hydrogens is 393 g/mol. The number of nitrogens with one attached hydrogen (secondary N) is 1. The van der Waals surface area contributed by atoms with Gasteiger partial charge in [-0.25, -0.2) is 17.5 Å². The van der Waals surface area contributed by atoms with E-state index in [4.69, 9.17) is 11.6 Å². The fraction of sp³-hybridized carbons (Fsp3) is 0.111. The van der Waals surface area contributed by atoms with Crippen LogP contribution in [0.4, 0.5) is 10.1 Å². The maximum atomic E-state index is 14.0. The lowest BCUT2D eigenvalue weighted by Gasteiger charge is -2.08. The summed E-state index contributed by atoms with van der Waals surface area (Å²) in [5.74, 6) is -1.45. The number of nitrogens with zero attached hydrogens (tertiary/aromatic N) is 2. The molecular formula is C18H15ClFN3O3S. The third-order valence-corrected chi connectivity index (χ3v) is 5.31. The van der Waals surface area contributed by atoms with Crippen molar-refractivity contribution in [1.29, 1.82) is 0 Å². The second kappa shape index (κ2) is 7.13. The average Bonchev–Trinajstić information content (AvgIpc) is 2.91. The SMILES string of the molecule is Cc1nn(-c2ccccc2)c(Cl)c1C(=O)Nc1cc(S(C)(=O)=O)ccc1F. The Morgan fingerprint density at radius 2 is 1.85 bits per heavy atom. The van der Waals surface area contributed by atoms with Gasteiger partial charge >= 0.3 is 0 Å². The highest BCUT2D eigenvalue weighted by atomic mass is 35.5. The maximum Gasteiger partial charge on any atom is 0.260 e. The minimum atomic E-state index is -3.55. The van der Waals surface area contributed by atoms with Gasteiger partial charge in [-0.05, 0) is 37.3 Å². The fourth-order valence-electron chi connectivity index (χ4n) is 2.51. The van der Waals surface area contributed by atoms with Gasteiger partial charge in [0.15, 0.2) is 9.84 Å². The van der Waals surface area contributed by atoms with Gasteiger partial charge < -0.3 is 5.32 Å². The molecule has 2 aromatic carbocycles. The maximum absolute atomic E-state index is 14.0. The standard InChI is InChI=1S/C18H15ClFN3O3S/c1-11-16(17(19)23(22-11)12-6-4-3-5-7-12)18(24)21-15-10-13(27(2,25)26)8-9-14(15)20/h3-10H,1-2H3,(H,21,24). The summed E-state index contributed by atoms with van der Waals surface area (Å²) in [6, 6.07) is 12.2. The van der Waals surface area contributed by atoms with E-state index in [9.17, 15) is 17.6 Å². The van der Waals surface area contributed by atoms with E-state index in [1.165, 1.54) is 4.68 Å². The van der Waals surface area contributed by atoms with Gasteiger partial charge in [0.1, 0.15) is 16.5 Å². The molecule has 6 nitrogen and oxygen atoms in total. The zero-order valence-corrected chi connectivity index (χ0v) is 16.0. The van der Waals surface area contributed by atoms with E-state index in [0.29, 0.717) is 11.4 Å². The quantitative estimate of drug-likeness (QED) is 0.669. The Morgan fingerprint density at radius 3 is 2.48 bits per heavy atom. The molecule has 0 spiro atoms.